The first-order chi connectivity index (χ1) is 12.9. The van der Waals surface area contributed by atoms with Crippen LogP contribution >= 0.6 is 0 Å². The first-order valence-corrected chi connectivity index (χ1v) is 9.26. The lowest BCUT2D eigenvalue weighted by molar-refractivity contribution is -0.274. The van der Waals surface area contributed by atoms with E-state index in [0.717, 1.165) is 12.8 Å². The van der Waals surface area contributed by atoms with E-state index in [9.17, 15) is 18.0 Å². The smallest absolute Gasteiger partial charge is 0.406 e. The summed E-state index contributed by atoms with van der Waals surface area (Å²) in [5, 5.41) is 0. The number of carbonyl (C=O) groups excluding carboxylic acids is 1. The fourth-order valence-corrected chi connectivity index (χ4v) is 4.33. The molecule has 1 amide bonds. The van der Waals surface area contributed by atoms with Crippen LogP contribution in [0.2, 0.25) is 0 Å². The molecule has 0 spiro atoms. The summed E-state index contributed by atoms with van der Waals surface area (Å²) in [4.78, 5) is 15.3. The zero-order valence-electron chi connectivity index (χ0n) is 14.8. The van der Waals surface area contributed by atoms with Crippen LogP contribution in [0.5, 0.6) is 5.75 Å². The fraction of sp³-hybridized carbons (Fsp3) is 0.632. The Bertz CT molecular complexity index is 702. The van der Waals surface area contributed by atoms with Crippen LogP contribution < -0.4 is 4.74 Å². The average molecular weight is 385 g/mol. The van der Waals surface area contributed by atoms with Crippen LogP contribution in [-0.4, -0.2) is 55.7 Å². The minimum atomic E-state index is -4.76. The van der Waals surface area contributed by atoms with Gasteiger partial charge >= 0.3 is 6.36 Å². The summed E-state index contributed by atoms with van der Waals surface area (Å²) in [6.45, 7) is 2.00. The molecule has 27 heavy (non-hydrogen) atoms. The predicted octanol–water partition coefficient (Wildman–Crippen LogP) is 3.02. The van der Waals surface area contributed by atoms with Gasteiger partial charge in [0.05, 0.1) is 30.8 Å². The average Bonchev–Trinajstić information content (AvgIpc) is 2.59. The normalized spacial score (nSPS) is 27.4. The zero-order valence-corrected chi connectivity index (χ0v) is 14.8. The lowest BCUT2D eigenvalue weighted by Gasteiger charge is -2.50. The maximum absolute atomic E-state index is 13.5. The molecule has 2 saturated heterocycles. The molecule has 0 aromatic heterocycles. The first kappa shape index (κ1) is 18.6. The highest BCUT2D eigenvalue weighted by molar-refractivity contribution is 5.90. The summed E-state index contributed by atoms with van der Waals surface area (Å²) in [6, 6.07) is 5.70. The molecular formula is C19H22F3NO4. The number of morpholine rings is 1. The van der Waals surface area contributed by atoms with Crippen LogP contribution in [0.25, 0.3) is 0 Å². The third-order valence-corrected chi connectivity index (χ3v) is 5.83. The van der Waals surface area contributed by atoms with Crippen molar-refractivity contribution >= 4 is 5.91 Å². The van der Waals surface area contributed by atoms with Crippen LogP contribution in [0.1, 0.15) is 31.2 Å². The molecule has 3 fully saturated rings. The van der Waals surface area contributed by atoms with Gasteiger partial charge in [0.25, 0.3) is 0 Å². The Labute approximate surface area is 155 Å². The molecule has 2 atom stereocenters. The number of amides is 1. The number of rotatable bonds is 3. The van der Waals surface area contributed by atoms with Gasteiger partial charge in [-0.1, -0.05) is 18.6 Å². The second-order valence-electron chi connectivity index (χ2n) is 7.35. The molecule has 2 unspecified atom stereocenters. The molecule has 1 aromatic carbocycles. The van der Waals surface area contributed by atoms with Gasteiger partial charge in [0.2, 0.25) is 5.91 Å². The number of halogens is 3. The molecule has 5 nitrogen and oxygen atoms in total. The minimum Gasteiger partial charge on any atom is -0.406 e. The summed E-state index contributed by atoms with van der Waals surface area (Å²) < 4.78 is 53.1. The largest absolute Gasteiger partial charge is 0.573 e. The van der Waals surface area contributed by atoms with Crippen molar-refractivity contribution in [2.45, 2.75) is 49.6 Å². The van der Waals surface area contributed by atoms with Gasteiger partial charge in [-0.25, -0.2) is 0 Å². The Balaban J connectivity index is 1.60. The molecule has 0 N–H and O–H groups in total. The molecule has 0 radical (unpaired) electrons. The van der Waals surface area contributed by atoms with Crippen molar-refractivity contribution in [1.29, 1.82) is 0 Å². The van der Waals surface area contributed by atoms with E-state index >= 15 is 0 Å². The van der Waals surface area contributed by atoms with Gasteiger partial charge in [0.1, 0.15) is 5.75 Å². The number of fused-ring (bicyclic) bond motifs is 1. The topological polar surface area (TPSA) is 48.0 Å². The summed E-state index contributed by atoms with van der Waals surface area (Å²) >= 11 is 0. The summed E-state index contributed by atoms with van der Waals surface area (Å²) in [7, 11) is 0. The standard InChI is InChI=1S/C19H22F3NO4/c20-19(21,22)27-14-4-1-3-13(11-14)18(6-2-7-18)17(24)23-8-10-26-16-5-9-25-12-15(16)23/h1,3-4,11,15-16H,2,5-10,12H2. The lowest BCUT2D eigenvalue weighted by atomic mass is 9.63. The van der Waals surface area contributed by atoms with E-state index in [1.165, 1.54) is 18.2 Å². The van der Waals surface area contributed by atoms with Gasteiger partial charge in [-0.15, -0.1) is 13.2 Å². The molecule has 148 valence electrons. The van der Waals surface area contributed by atoms with E-state index in [1.54, 1.807) is 6.07 Å². The van der Waals surface area contributed by atoms with Crippen LogP contribution in [-0.2, 0) is 19.7 Å². The van der Waals surface area contributed by atoms with Gasteiger partial charge in [-0.05, 0) is 37.0 Å². The zero-order chi connectivity index (χ0) is 19.1. The van der Waals surface area contributed by atoms with Crippen LogP contribution in [0.15, 0.2) is 24.3 Å². The Morgan fingerprint density at radius 1 is 1.26 bits per heavy atom. The van der Waals surface area contributed by atoms with Gasteiger partial charge in [-0.2, -0.15) is 0 Å². The van der Waals surface area contributed by atoms with Crippen molar-refractivity contribution in [3.05, 3.63) is 29.8 Å². The minimum absolute atomic E-state index is 0.0338. The van der Waals surface area contributed by atoms with E-state index in [0.29, 0.717) is 44.8 Å². The van der Waals surface area contributed by atoms with Crippen molar-refractivity contribution < 1.29 is 32.2 Å². The SMILES string of the molecule is O=C(N1CCOC2CCOCC21)C1(c2cccc(OC(F)(F)F)c2)CCC1. The third-order valence-electron chi connectivity index (χ3n) is 5.83. The van der Waals surface area contributed by atoms with Gasteiger partial charge < -0.3 is 19.1 Å². The first-order valence-electron chi connectivity index (χ1n) is 9.26. The van der Waals surface area contributed by atoms with Crippen LogP contribution in [0.3, 0.4) is 0 Å². The van der Waals surface area contributed by atoms with Crippen molar-refractivity contribution in [3.63, 3.8) is 0 Å². The lowest BCUT2D eigenvalue weighted by Crippen LogP contribution is -2.62. The number of alkyl halides is 3. The molecule has 3 aliphatic rings. The van der Waals surface area contributed by atoms with Crippen molar-refractivity contribution in [1.82, 2.24) is 4.90 Å². The van der Waals surface area contributed by atoms with Gasteiger partial charge in [0.15, 0.2) is 0 Å². The predicted molar refractivity (Wildman–Crippen MR) is 89.3 cm³/mol. The molecule has 1 aliphatic carbocycles. The quantitative estimate of drug-likeness (QED) is 0.803. The number of ether oxygens (including phenoxy) is 3. The number of carbonyl (C=O) groups is 1. The molecule has 8 heteroatoms. The monoisotopic (exact) mass is 385 g/mol. The highest BCUT2D eigenvalue weighted by Gasteiger charge is 2.51. The Kier molecular flexibility index (Phi) is 4.80. The maximum Gasteiger partial charge on any atom is 0.573 e. The van der Waals surface area contributed by atoms with Crippen molar-refractivity contribution in [2.24, 2.45) is 0 Å². The summed E-state index contributed by atoms with van der Waals surface area (Å²) in [5.41, 5.74) is -0.204. The van der Waals surface area contributed by atoms with E-state index in [-0.39, 0.29) is 23.8 Å². The number of hydrogen-bond donors (Lipinski definition) is 0. The number of benzene rings is 1. The van der Waals surface area contributed by atoms with Crippen molar-refractivity contribution in [3.8, 4) is 5.75 Å². The van der Waals surface area contributed by atoms with E-state index in [4.69, 9.17) is 9.47 Å². The van der Waals surface area contributed by atoms with Crippen LogP contribution in [0.4, 0.5) is 13.2 Å². The third kappa shape index (κ3) is 3.52. The Morgan fingerprint density at radius 3 is 2.78 bits per heavy atom. The van der Waals surface area contributed by atoms with E-state index < -0.39 is 11.8 Å². The second kappa shape index (κ2) is 6.98. The fourth-order valence-electron chi connectivity index (χ4n) is 4.33. The molecule has 2 aliphatic heterocycles. The molecular weight excluding hydrogens is 363 g/mol. The summed E-state index contributed by atoms with van der Waals surface area (Å²) in [6.07, 6.45) is -1.94. The van der Waals surface area contributed by atoms with E-state index in [2.05, 4.69) is 4.74 Å². The maximum atomic E-state index is 13.5. The molecule has 4 rings (SSSR count). The van der Waals surface area contributed by atoms with Gasteiger partial charge in [0, 0.05) is 13.2 Å². The van der Waals surface area contributed by atoms with Gasteiger partial charge in [-0.3, -0.25) is 4.79 Å². The Hall–Kier alpha value is -1.80. The summed E-state index contributed by atoms with van der Waals surface area (Å²) in [5.74, 6) is -0.332. The van der Waals surface area contributed by atoms with Crippen LogP contribution in [0, 0.1) is 0 Å². The Morgan fingerprint density at radius 2 is 2.07 bits per heavy atom. The van der Waals surface area contributed by atoms with Crippen molar-refractivity contribution in [2.75, 3.05) is 26.4 Å². The molecule has 1 aromatic rings. The molecule has 2 heterocycles. The second-order valence-corrected chi connectivity index (χ2v) is 7.35. The number of nitrogens with zero attached hydrogens (tertiary/aromatic N) is 1. The number of hydrogen-bond acceptors (Lipinski definition) is 4. The highest BCUT2D eigenvalue weighted by atomic mass is 19.4. The highest BCUT2D eigenvalue weighted by Crippen LogP contribution is 2.47. The molecule has 1 saturated carbocycles. The van der Waals surface area contributed by atoms with E-state index in [1.807, 2.05) is 4.90 Å². The molecule has 0 bridgehead atoms.